The first-order valence-electron chi connectivity index (χ1n) is 12.5. The molecule has 0 bridgehead atoms. The van der Waals surface area contributed by atoms with Gasteiger partial charge in [0.15, 0.2) is 23.4 Å². The van der Waals surface area contributed by atoms with Crippen molar-refractivity contribution < 1.29 is 38.1 Å². The summed E-state index contributed by atoms with van der Waals surface area (Å²) in [4.78, 5) is 54.2. The number of nitrogens with zero attached hydrogens (tertiary/aromatic N) is 2. The van der Waals surface area contributed by atoms with Gasteiger partial charge in [-0.3, -0.25) is 14.4 Å². The van der Waals surface area contributed by atoms with Crippen LogP contribution in [-0.4, -0.2) is 60.9 Å². The molecule has 1 aliphatic heterocycles. The summed E-state index contributed by atoms with van der Waals surface area (Å²) in [5, 5.41) is 9.77. The Hall–Kier alpha value is -4.67. The molecule has 0 spiro atoms. The van der Waals surface area contributed by atoms with Crippen molar-refractivity contribution in [3.8, 4) is 17.2 Å². The predicted molar refractivity (Wildman–Crippen MR) is 142 cm³/mol. The second-order valence-corrected chi connectivity index (χ2v) is 8.57. The molecule has 1 heterocycles. The van der Waals surface area contributed by atoms with Gasteiger partial charge in [-0.1, -0.05) is 0 Å². The molecule has 11 heteroatoms. The summed E-state index contributed by atoms with van der Waals surface area (Å²) >= 11 is 0. The van der Waals surface area contributed by atoms with Gasteiger partial charge in [0.2, 0.25) is 0 Å². The summed E-state index contributed by atoms with van der Waals surface area (Å²) < 4.78 is 21.4. The maximum absolute atomic E-state index is 12.8. The number of esters is 2. The molecule has 0 aromatic heterocycles. The van der Waals surface area contributed by atoms with Crippen LogP contribution in [0.2, 0.25) is 0 Å². The highest BCUT2D eigenvalue weighted by Crippen LogP contribution is 2.33. The molecule has 0 radical (unpaired) electrons. The zero-order valence-corrected chi connectivity index (χ0v) is 21.6. The molecule has 0 atom stereocenters. The van der Waals surface area contributed by atoms with Crippen molar-refractivity contribution in [1.29, 1.82) is 0 Å². The Morgan fingerprint density at radius 3 is 2.26 bits per heavy atom. The van der Waals surface area contributed by atoms with Crippen molar-refractivity contribution in [3.63, 3.8) is 0 Å². The summed E-state index contributed by atoms with van der Waals surface area (Å²) in [6.07, 6.45) is 0.249. The number of benzene rings is 3. The number of carbonyl (C=O) groups excluding carboxylic acids is 2. The van der Waals surface area contributed by atoms with Gasteiger partial charge >= 0.3 is 17.9 Å². The quantitative estimate of drug-likeness (QED) is 0.161. The number of anilines is 1. The molecule has 0 amide bonds. The highest BCUT2D eigenvalue weighted by molar-refractivity contribution is 5.97. The minimum atomic E-state index is -1.12. The third kappa shape index (κ3) is 6.61. The molecule has 2 aromatic rings. The van der Waals surface area contributed by atoms with Crippen molar-refractivity contribution in [3.05, 3.63) is 52.7 Å². The first-order valence-corrected chi connectivity index (χ1v) is 12.5. The van der Waals surface area contributed by atoms with Gasteiger partial charge in [0, 0.05) is 41.7 Å². The minimum Gasteiger partial charge on any atom is -0.482 e. The number of aromatic nitrogens is 1. The maximum Gasteiger partial charge on any atom is 0.341 e. The molecule has 2 aliphatic rings. The van der Waals surface area contributed by atoms with E-state index in [1.54, 1.807) is 44.2 Å². The van der Waals surface area contributed by atoms with Gasteiger partial charge in [-0.15, -0.1) is 0 Å². The lowest BCUT2D eigenvalue weighted by molar-refractivity contribution is -0.143. The molecule has 39 heavy (non-hydrogen) atoms. The van der Waals surface area contributed by atoms with Crippen LogP contribution < -0.4 is 15.1 Å². The van der Waals surface area contributed by atoms with Crippen LogP contribution in [0.5, 0.6) is 5.75 Å². The number of hydrogen-bond donors (Lipinski definition) is 1. The fourth-order valence-electron chi connectivity index (χ4n) is 4.16. The van der Waals surface area contributed by atoms with Crippen molar-refractivity contribution in [1.82, 2.24) is 4.98 Å². The van der Waals surface area contributed by atoms with E-state index >= 15 is 0 Å². The summed E-state index contributed by atoms with van der Waals surface area (Å²) in [5.74, 6) is -1.28. The summed E-state index contributed by atoms with van der Waals surface area (Å²) in [6.45, 7) is 4.11. The molecule has 4 rings (SSSR count). The van der Waals surface area contributed by atoms with E-state index in [9.17, 15) is 19.2 Å². The molecule has 1 N–H and O–H groups in total. The topological polar surface area (TPSA) is 145 Å². The van der Waals surface area contributed by atoms with E-state index < -0.39 is 12.6 Å². The largest absolute Gasteiger partial charge is 0.482 e. The Labute approximate surface area is 223 Å². The van der Waals surface area contributed by atoms with Crippen LogP contribution in [0.3, 0.4) is 0 Å². The van der Waals surface area contributed by atoms with Crippen LogP contribution in [0.1, 0.15) is 26.7 Å². The Morgan fingerprint density at radius 1 is 0.923 bits per heavy atom. The molecule has 11 nitrogen and oxygen atoms in total. The Morgan fingerprint density at radius 2 is 1.62 bits per heavy atom. The molecular weight excluding hydrogens is 508 g/mol. The lowest BCUT2D eigenvalue weighted by atomic mass is 10.0. The van der Waals surface area contributed by atoms with Gasteiger partial charge in [0.1, 0.15) is 17.0 Å². The average Bonchev–Trinajstić information content (AvgIpc) is 2.91. The van der Waals surface area contributed by atoms with E-state index in [1.807, 2.05) is 4.90 Å². The molecule has 0 saturated heterocycles. The summed E-state index contributed by atoms with van der Waals surface area (Å²) in [6, 6.07) is 11.3. The predicted octanol–water partition coefficient (Wildman–Crippen LogP) is 3.62. The minimum absolute atomic E-state index is 0.125. The van der Waals surface area contributed by atoms with E-state index in [0.29, 0.717) is 46.3 Å². The van der Waals surface area contributed by atoms with E-state index in [1.165, 1.54) is 12.1 Å². The van der Waals surface area contributed by atoms with Gasteiger partial charge in [-0.05, 0) is 44.2 Å². The van der Waals surface area contributed by atoms with Crippen molar-refractivity contribution in [2.24, 2.45) is 0 Å². The van der Waals surface area contributed by atoms with Crippen LogP contribution in [0.15, 0.2) is 51.7 Å². The fourth-order valence-corrected chi connectivity index (χ4v) is 4.16. The van der Waals surface area contributed by atoms with Crippen molar-refractivity contribution >= 4 is 45.5 Å². The summed E-state index contributed by atoms with van der Waals surface area (Å²) in [5.41, 5.74) is 1.74. The van der Waals surface area contributed by atoms with Gasteiger partial charge in [0.25, 0.3) is 0 Å². The Bertz CT molecular complexity index is 1520. The lowest BCUT2D eigenvalue weighted by Gasteiger charge is -2.24. The molecule has 2 aromatic carbocycles. The highest BCUT2D eigenvalue weighted by atomic mass is 16.5. The molecule has 0 saturated carbocycles. The number of carboxylic acids is 1. The highest BCUT2D eigenvalue weighted by Gasteiger charge is 2.19. The zero-order chi connectivity index (χ0) is 27.9. The number of carboxylic acid groups (broad SMARTS) is 1. The number of fused-ring (bicyclic) bond motifs is 4. The fraction of sp³-hybridized carbons (Fsp3) is 0.321. The molecule has 0 unspecified atom stereocenters. The van der Waals surface area contributed by atoms with E-state index in [2.05, 4.69) is 0 Å². The second-order valence-electron chi connectivity index (χ2n) is 8.57. The second kappa shape index (κ2) is 12.2. The number of rotatable bonds is 12. The van der Waals surface area contributed by atoms with Gasteiger partial charge in [-0.25, -0.2) is 9.78 Å². The van der Waals surface area contributed by atoms with Gasteiger partial charge in [-0.2, -0.15) is 0 Å². The molecule has 204 valence electrons. The smallest absolute Gasteiger partial charge is 0.341 e. The first-order chi connectivity index (χ1) is 18.8. The number of ether oxygens (including phenoxy) is 3. The Kier molecular flexibility index (Phi) is 8.60. The van der Waals surface area contributed by atoms with Crippen LogP contribution >= 0.6 is 0 Å². The van der Waals surface area contributed by atoms with Crippen LogP contribution in [0.4, 0.5) is 5.69 Å². The number of aliphatic carboxylic acids is 1. The van der Waals surface area contributed by atoms with E-state index in [-0.39, 0.29) is 54.9 Å². The third-order valence-electron chi connectivity index (χ3n) is 5.91. The monoisotopic (exact) mass is 536 g/mol. The summed E-state index contributed by atoms with van der Waals surface area (Å²) in [7, 11) is 0. The standard InChI is InChI=1S/C28H28N2O9/c1-3-36-26(34)9-11-30(12-10-27(35)37-4-2)17-5-8-21-23(13-17)39-24-15-22(31)19-7-6-18(38-16-25(32)33)14-20(19)28(24)29-21/h5-8,13-15H,3-4,9-12,16H2,1-2H3,(H,32,33). The molecule has 1 aliphatic carbocycles. The Balaban J connectivity index is 1.71. The van der Waals surface area contributed by atoms with Crippen molar-refractivity contribution in [2.45, 2.75) is 26.7 Å². The molecular formula is C28H28N2O9. The van der Waals surface area contributed by atoms with Crippen LogP contribution in [-0.2, 0) is 23.9 Å². The van der Waals surface area contributed by atoms with Gasteiger partial charge in [0.05, 0.1) is 26.1 Å². The van der Waals surface area contributed by atoms with E-state index in [0.717, 1.165) is 0 Å². The maximum atomic E-state index is 12.8. The first kappa shape index (κ1) is 27.4. The normalized spacial score (nSPS) is 11.0. The van der Waals surface area contributed by atoms with Gasteiger partial charge < -0.3 is 28.6 Å². The SMILES string of the molecule is CCOC(=O)CCN(CCC(=O)OCC)c1ccc2nc3c4cc(OCC(=O)O)ccc4c(=O)cc-3oc2c1. The zero-order valence-electron chi connectivity index (χ0n) is 21.6. The van der Waals surface area contributed by atoms with Crippen LogP contribution in [0, 0.1) is 0 Å². The third-order valence-corrected chi connectivity index (χ3v) is 5.91. The number of hydrogen-bond acceptors (Lipinski definition) is 10. The van der Waals surface area contributed by atoms with E-state index in [4.69, 9.17) is 28.7 Å². The van der Waals surface area contributed by atoms with Crippen LogP contribution in [0.25, 0.3) is 33.3 Å². The lowest BCUT2D eigenvalue weighted by Crippen LogP contribution is -2.29. The number of carbonyl (C=O) groups is 3. The van der Waals surface area contributed by atoms with Crippen molar-refractivity contribution in [2.75, 3.05) is 37.8 Å². The molecule has 0 fully saturated rings. The average molecular weight is 537 g/mol.